The maximum atomic E-state index is 9.87. The van der Waals surface area contributed by atoms with Crippen molar-refractivity contribution in [2.75, 3.05) is 23.8 Å². The fraction of sp³-hybridized carbons (Fsp3) is 0.421. The van der Waals surface area contributed by atoms with Gasteiger partial charge in [-0.05, 0) is 44.0 Å². The first-order chi connectivity index (χ1) is 13.0. The molecule has 0 saturated carbocycles. The summed E-state index contributed by atoms with van der Waals surface area (Å²) in [5.41, 5.74) is 2.45. The molecule has 1 aliphatic heterocycles. The van der Waals surface area contributed by atoms with Crippen molar-refractivity contribution < 1.29 is 9.84 Å². The van der Waals surface area contributed by atoms with Crippen LogP contribution in [-0.4, -0.2) is 34.3 Å². The molecular weight excluding hydrogens is 410 g/mol. The third kappa shape index (κ3) is 4.75. The van der Waals surface area contributed by atoms with Crippen molar-refractivity contribution in [2.45, 2.75) is 32.4 Å². The summed E-state index contributed by atoms with van der Waals surface area (Å²) >= 11 is 3.44. The van der Waals surface area contributed by atoms with E-state index in [-0.39, 0.29) is 12.0 Å². The van der Waals surface area contributed by atoms with Gasteiger partial charge in [0.1, 0.15) is 5.82 Å². The fourth-order valence-corrected chi connectivity index (χ4v) is 3.51. The molecule has 1 saturated heterocycles. The van der Waals surface area contributed by atoms with Gasteiger partial charge in [-0.1, -0.05) is 15.9 Å². The Kier molecular flexibility index (Phi) is 6.26. The SMILES string of the molecule is Cc1cnc(Nc2ccc(Br)c(C(C)O)c2)nc1N[C@@H]1COCC[C@H]1C#N. The molecule has 1 fully saturated rings. The van der Waals surface area contributed by atoms with Crippen molar-refractivity contribution in [3.8, 4) is 6.07 Å². The second-order valence-corrected chi connectivity index (χ2v) is 7.47. The number of aliphatic hydroxyl groups excluding tert-OH is 1. The highest BCUT2D eigenvalue weighted by atomic mass is 79.9. The van der Waals surface area contributed by atoms with Crippen LogP contribution in [0.25, 0.3) is 0 Å². The monoisotopic (exact) mass is 431 g/mol. The van der Waals surface area contributed by atoms with Crippen LogP contribution in [0, 0.1) is 24.2 Å². The van der Waals surface area contributed by atoms with Crippen LogP contribution in [0.5, 0.6) is 0 Å². The average molecular weight is 432 g/mol. The van der Waals surface area contributed by atoms with Crippen LogP contribution in [0.3, 0.4) is 0 Å². The first-order valence-electron chi connectivity index (χ1n) is 8.80. The summed E-state index contributed by atoms with van der Waals surface area (Å²) in [5, 5.41) is 25.7. The van der Waals surface area contributed by atoms with E-state index in [1.54, 1.807) is 13.1 Å². The van der Waals surface area contributed by atoms with E-state index < -0.39 is 6.10 Å². The Labute approximate surface area is 166 Å². The van der Waals surface area contributed by atoms with E-state index in [0.29, 0.717) is 31.4 Å². The van der Waals surface area contributed by atoms with E-state index in [0.717, 1.165) is 21.3 Å². The summed E-state index contributed by atoms with van der Waals surface area (Å²) in [7, 11) is 0. The lowest BCUT2D eigenvalue weighted by atomic mass is 9.96. The summed E-state index contributed by atoms with van der Waals surface area (Å²) in [4.78, 5) is 8.89. The van der Waals surface area contributed by atoms with Gasteiger partial charge < -0.3 is 20.5 Å². The molecule has 7 nitrogen and oxygen atoms in total. The number of aryl methyl sites for hydroxylation is 1. The molecule has 1 aliphatic rings. The van der Waals surface area contributed by atoms with Crippen LogP contribution in [0.1, 0.15) is 30.6 Å². The molecule has 3 rings (SSSR count). The summed E-state index contributed by atoms with van der Waals surface area (Å²) < 4.78 is 6.34. The second-order valence-electron chi connectivity index (χ2n) is 6.61. The van der Waals surface area contributed by atoms with Gasteiger partial charge >= 0.3 is 0 Å². The number of benzene rings is 1. The van der Waals surface area contributed by atoms with Gasteiger partial charge in [0, 0.05) is 28.5 Å². The molecule has 27 heavy (non-hydrogen) atoms. The molecule has 0 radical (unpaired) electrons. The number of nitrogens with one attached hydrogen (secondary N) is 2. The van der Waals surface area contributed by atoms with Crippen molar-refractivity contribution in [3.63, 3.8) is 0 Å². The first kappa shape index (κ1) is 19.5. The van der Waals surface area contributed by atoms with Crippen molar-refractivity contribution in [1.82, 2.24) is 9.97 Å². The zero-order valence-corrected chi connectivity index (χ0v) is 16.8. The summed E-state index contributed by atoms with van der Waals surface area (Å²) in [6.45, 7) is 4.73. The molecule has 0 bridgehead atoms. The number of rotatable bonds is 5. The van der Waals surface area contributed by atoms with E-state index in [4.69, 9.17) is 4.74 Å². The Balaban J connectivity index is 1.79. The number of anilines is 3. The standard InChI is InChI=1S/C19H22BrN5O2/c1-11-9-22-19(23-14-3-4-16(20)15(7-14)12(2)26)25-18(11)24-17-10-27-6-5-13(17)8-21/h3-4,7,9,12-13,17,26H,5-6,10H2,1-2H3,(H2,22,23,24,25)/t12?,13-,17+/m0/s1. The average Bonchev–Trinajstić information content (AvgIpc) is 2.66. The Hall–Kier alpha value is -2.21. The molecule has 0 aliphatic carbocycles. The largest absolute Gasteiger partial charge is 0.389 e. The van der Waals surface area contributed by atoms with E-state index in [9.17, 15) is 10.4 Å². The van der Waals surface area contributed by atoms with Gasteiger partial charge in [0.15, 0.2) is 0 Å². The lowest BCUT2D eigenvalue weighted by molar-refractivity contribution is 0.0698. The van der Waals surface area contributed by atoms with Gasteiger partial charge in [-0.15, -0.1) is 0 Å². The van der Waals surface area contributed by atoms with Gasteiger partial charge in [-0.3, -0.25) is 0 Å². The van der Waals surface area contributed by atoms with Crippen molar-refractivity contribution in [2.24, 2.45) is 5.92 Å². The highest BCUT2D eigenvalue weighted by Gasteiger charge is 2.26. The summed E-state index contributed by atoms with van der Waals surface area (Å²) in [5.74, 6) is 1.01. The lowest BCUT2D eigenvalue weighted by Gasteiger charge is -2.28. The van der Waals surface area contributed by atoms with Gasteiger partial charge in [-0.25, -0.2) is 4.98 Å². The van der Waals surface area contributed by atoms with Crippen molar-refractivity contribution in [1.29, 1.82) is 5.26 Å². The molecule has 1 unspecified atom stereocenters. The zero-order chi connectivity index (χ0) is 19.4. The van der Waals surface area contributed by atoms with Crippen LogP contribution < -0.4 is 10.6 Å². The van der Waals surface area contributed by atoms with Crippen LogP contribution in [0.4, 0.5) is 17.5 Å². The number of aliphatic hydroxyl groups is 1. The second kappa shape index (κ2) is 8.65. The Morgan fingerprint density at radius 1 is 1.44 bits per heavy atom. The Morgan fingerprint density at radius 3 is 3.00 bits per heavy atom. The maximum absolute atomic E-state index is 9.87. The first-order valence-corrected chi connectivity index (χ1v) is 9.59. The predicted molar refractivity (Wildman–Crippen MR) is 107 cm³/mol. The molecule has 3 atom stereocenters. The van der Waals surface area contributed by atoms with Crippen LogP contribution in [0.2, 0.25) is 0 Å². The summed E-state index contributed by atoms with van der Waals surface area (Å²) in [6, 6.07) is 7.85. The quantitative estimate of drug-likeness (QED) is 0.662. The highest BCUT2D eigenvalue weighted by molar-refractivity contribution is 9.10. The summed E-state index contributed by atoms with van der Waals surface area (Å²) in [6.07, 6.45) is 1.85. The van der Waals surface area contributed by atoms with E-state index in [1.807, 2.05) is 25.1 Å². The zero-order valence-electron chi connectivity index (χ0n) is 15.2. The minimum absolute atomic E-state index is 0.0975. The number of nitriles is 1. The normalized spacial score (nSPS) is 20.6. The third-order valence-corrected chi connectivity index (χ3v) is 5.24. The highest BCUT2D eigenvalue weighted by Crippen LogP contribution is 2.28. The molecule has 1 aromatic carbocycles. The maximum Gasteiger partial charge on any atom is 0.229 e. The van der Waals surface area contributed by atoms with E-state index >= 15 is 0 Å². The smallest absolute Gasteiger partial charge is 0.229 e. The molecule has 1 aromatic heterocycles. The van der Waals surface area contributed by atoms with Crippen LogP contribution in [-0.2, 0) is 4.74 Å². The number of aromatic nitrogens is 2. The topological polar surface area (TPSA) is 103 Å². The Morgan fingerprint density at radius 2 is 2.26 bits per heavy atom. The number of ether oxygens (including phenoxy) is 1. The molecule has 0 amide bonds. The van der Waals surface area contributed by atoms with Gasteiger partial charge in [0.2, 0.25) is 5.95 Å². The van der Waals surface area contributed by atoms with Gasteiger partial charge in [-0.2, -0.15) is 10.2 Å². The van der Waals surface area contributed by atoms with Gasteiger partial charge in [0.25, 0.3) is 0 Å². The number of nitrogens with zero attached hydrogens (tertiary/aromatic N) is 3. The van der Waals surface area contributed by atoms with Crippen molar-refractivity contribution in [3.05, 3.63) is 40.0 Å². The predicted octanol–water partition coefficient (Wildman–Crippen LogP) is 3.69. The molecule has 2 heterocycles. The minimum Gasteiger partial charge on any atom is -0.389 e. The molecular formula is C19H22BrN5O2. The van der Waals surface area contributed by atoms with Crippen LogP contribution in [0.15, 0.2) is 28.9 Å². The molecule has 2 aromatic rings. The lowest BCUT2D eigenvalue weighted by Crippen LogP contribution is -2.38. The van der Waals surface area contributed by atoms with Crippen LogP contribution >= 0.6 is 15.9 Å². The van der Waals surface area contributed by atoms with E-state index in [1.165, 1.54) is 0 Å². The third-order valence-electron chi connectivity index (χ3n) is 4.52. The number of hydrogen-bond acceptors (Lipinski definition) is 7. The molecule has 3 N–H and O–H groups in total. The van der Waals surface area contributed by atoms with E-state index in [2.05, 4.69) is 42.6 Å². The van der Waals surface area contributed by atoms with Crippen molar-refractivity contribution >= 4 is 33.4 Å². The fourth-order valence-electron chi connectivity index (χ4n) is 2.93. The molecule has 142 valence electrons. The molecule has 0 spiro atoms. The number of halogens is 1. The Bertz CT molecular complexity index is 852. The minimum atomic E-state index is -0.591. The number of hydrogen-bond donors (Lipinski definition) is 3. The van der Waals surface area contributed by atoms with Gasteiger partial charge in [0.05, 0.1) is 30.7 Å². The molecule has 8 heteroatoms.